The summed E-state index contributed by atoms with van der Waals surface area (Å²) in [6.07, 6.45) is 6.82. The van der Waals surface area contributed by atoms with Crippen LogP contribution in [0.1, 0.15) is 61.4 Å². The number of esters is 1. The molecule has 4 nitrogen and oxygen atoms in total. The molecular formula is C25H33NO3S. The Hall–Kier alpha value is -2.27. The van der Waals surface area contributed by atoms with E-state index in [1.165, 1.54) is 31.2 Å². The molecule has 5 heteroatoms. The van der Waals surface area contributed by atoms with E-state index in [0.717, 1.165) is 18.6 Å². The van der Waals surface area contributed by atoms with Gasteiger partial charge in [0.05, 0.1) is 6.61 Å². The van der Waals surface area contributed by atoms with Gasteiger partial charge < -0.3 is 10.1 Å². The molecule has 162 valence electrons. The second-order valence-electron chi connectivity index (χ2n) is 7.33. The van der Waals surface area contributed by atoms with Gasteiger partial charge in [0.25, 0.3) is 5.91 Å². The minimum atomic E-state index is -0.661. The number of rotatable bonds is 14. The third kappa shape index (κ3) is 9.49. The van der Waals surface area contributed by atoms with Crippen LogP contribution in [0.3, 0.4) is 0 Å². The molecule has 0 aromatic heterocycles. The predicted molar refractivity (Wildman–Crippen MR) is 125 cm³/mol. The molecule has 0 aliphatic carbocycles. The number of thioether (sulfide) groups is 1. The molecule has 1 N–H and O–H groups in total. The van der Waals surface area contributed by atoms with E-state index in [9.17, 15) is 9.59 Å². The van der Waals surface area contributed by atoms with Crippen LogP contribution < -0.4 is 5.32 Å². The molecule has 0 radical (unpaired) electrons. The molecule has 30 heavy (non-hydrogen) atoms. The highest BCUT2D eigenvalue weighted by Crippen LogP contribution is 2.14. The molecule has 2 aromatic carbocycles. The van der Waals surface area contributed by atoms with E-state index in [-0.39, 0.29) is 11.9 Å². The summed E-state index contributed by atoms with van der Waals surface area (Å²) in [4.78, 5) is 25.2. The van der Waals surface area contributed by atoms with Gasteiger partial charge in [-0.25, -0.2) is 4.79 Å². The SMILES string of the molecule is CCCCCCCCOC(=O)C(CSCc1ccccc1)NC(=O)c1ccccc1. The lowest BCUT2D eigenvalue weighted by Crippen LogP contribution is -2.43. The summed E-state index contributed by atoms with van der Waals surface area (Å²) in [5.41, 5.74) is 1.73. The van der Waals surface area contributed by atoms with Crippen LogP contribution in [-0.2, 0) is 15.3 Å². The second-order valence-corrected chi connectivity index (χ2v) is 8.36. The van der Waals surface area contributed by atoms with Gasteiger partial charge in [-0.15, -0.1) is 0 Å². The molecule has 0 saturated heterocycles. The van der Waals surface area contributed by atoms with Gasteiger partial charge in [0, 0.05) is 17.1 Å². The first-order valence-corrected chi connectivity index (χ1v) is 12.0. The van der Waals surface area contributed by atoms with Gasteiger partial charge in [-0.3, -0.25) is 4.79 Å². The maximum Gasteiger partial charge on any atom is 0.329 e. The van der Waals surface area contributed by atoms with Crippen LogP contribution in [0.4, 0.5) is 0 Å². The van der Waals surface area contributed by atoms with E-state index in [4.69, 9.17) is 4.74 Å². The average Bonchev–Trinajstić information content (AvgIpc) is 2.79. The van der Waals surface area contributed by atoms with Crippen LogP contribution in [0, 0.1) is 0 Å². The molecule has 0 fully saturated rings. The van der Waals surface area contributed by atoms with Crippen LogP contribution in [0.15, 0.2) is 60.7 Å². The summed E-state index contributed by atoms with van der Waals surface area (Å²) < 4.78 is 5.48. The molecular weight excluding hydrogens is 394 g/mol. The third-order valence-corrected chi connectivity index (χ3v) is 5.87. The Bertz CT molecular complexity index is 737. The van der Waals surface area contributed by atoms with Crippen molar-refractivity contribution in [2.45, 2.75) is 57.2 Å². The normalized spacial score (nSPS) is 11.6. The molecule has 0 aliphatic rings. The van der Waals surface area contributed by atoms with E-state index >= 15 is 0 Å². The van der Waals surface area contributed by atoms with Gasteiger partial charge in [0.1, 0.15) is 6.04 Å². The molecule has 0 aliphatic heterocycles. The van der Waals surface area contributed by atoms with Crippen LogP contribution in [0.2, 0.25) is 0 Å². The average molecular weight is 428 g/mol. The fourth-order valence-corrected chi connectivity index (χ4v) is 4.03. The Morgan fingerprint density at radius 2 is 1.53 bits per heavy atom. The van der Waals surface area contributed by atoms with Gasteiger partial charge in [0.2, 0.25) is 0 Å². The van der Waals surface area contributed by atoms with Crippen molar-refractivity contribution in [3.63, 3.8) is 0 Å². The number of carbonyl (C=O) groups excluding carboxylic acids is 2. The molecule has 0 spiro atoms. The Balaban J connectivity index is 1.84. The highest BCUT2D eigenvalue weighted by atomic mass is 32.2. The lowest BCUT2D eigenvalue weighted by atomic mass is 10.1. The van der Waals surface area contributed by atoms with Crippen molar-refractivity contribution in [3.8, 4) is 0 Å². The highest BCUT2D eigenvalue weighted by Gasteiger charge is 2.23. The summed E-state index contributed by atoms with van der Waals surface area (Å²) in [6, 6.07) is 18.4. The number of carbonyl (C=O) groups is 2. The lowest BCUT2D eigenvalue weighted by Gasteiger charge is -2.18. The Morgan fingerprint density at radius 1 is 0.900 bits per heavy atom. The summed E-state index contributed by atoms with van der Waals surface area (Å²) in [5.74, 6) is 0.650. The Labute approximate surface area is 184 Å². The summed E-state index contributed by atoms with van der Waals surface area (Å²) >= 11 is 1.62. The number of ether oxygens (including phenoxy) is 1. The maximum atomic E-state index is 12.6. The minimum Gasteiger partial charge on any atom is -0.464 e. The van der Waals surface area contributed by atoms with Crippen molar-refractivity contribution in [3.05, 3.63) is 71.8 Å². The van der Waals surface area contributed by atoms with E-state index in [0.29, 0.717) is 17.9 Å². The topological polar surface area (TPSA) is 55.4 Å². The van der Waals surface area contributed by atoms with Crippen molar-refractivity contribution in [1.29, 1.82) is 0 Å². The van der Waals surface area contributed by atoms with Crippen molar-refractivity contribution >= 4 is 23.6 Å². The van der Waals surface area contributed by atoms with E-state index in [1.54, 1.807) is 23.9 Å². The summed E-state index contributed by atoms with van der Waals surface area (Å²) in [6.45, 7) is 2.60. The number of amides is 1. The van der Waals surface area contributed by atoms with Crippen molar-refractivity contribution in [2.75, 3.05) is 12.4 Å². The van der Waals surface area contributed by atoms with Crippen molar-refractivity contribution < 1.29 is 14.3 Å². The first kappa shape index (κ1) is 24.0. The van der Waals surface area contributed by atoms with Crippen LogP contribution in [-0.4, -0.2) is 30.3 Å². The van der Waals surface area contributed by atoms with Crippen molar-refractivity contribution in [1.82, 2.24) is 5.32 Å². The molecule has 0 bridgehead atoms. The summed E-state index contributed by atoms with van der Waals surface area (Å²) in [5, 5.41) is 2.85. The predicted octanol–water partition coefficient (Wildman–Crippen LogP) is 5.62. The zero-order valence-electron chi connectivity index (χ0n) is 17.8. The molecule has 2 rings (SSSR count). The monoisotopic (exact) mass is 427 g/mol. The zero-order chi connectivity index (χ0) is 21.4. The number of benzene rings is 2. The fraction of sp³-hybridized carbons (Fsp3) is 0.440. The fourth-order valence-electron chi connectivity index (χ4n) is 3.02. The lowest BCUT2D eigenvalue weighted by molar-refractivity contribution is -0.145. The van der Waals surface area contributed by atoms with Crippen LogP contribution >= 0.6 is 11.8 Å². The number of hydrogen-bond acceptors (Lipinski definition) is 4. The smallest absolute Gasteiger partial charge is 0.329 e. The van der Waals surface area contributed by atoms with Gasteiger partial charge >= 0.3 is 5.97 Å². The van der Waals surface area contributed by atoms with E-state index < -0.39 is 6.04 Å². The quantitative estimate of drug-likeness (QED) is 0.314. The molecule has 2 aromatic rings. The first-order valence-electron chi connectivity index (χ1n) is 10.8. The zero-order valence-corrected chi connectivity index (χ0v) is 18.7. The van der Waals surface area contributed by atoms with Crippen LogP contribution in [0.5, 0.6) is 0 Å². The van der Waals surface area contributed by atoms with Gasteiger partial charge in [-0.2, -0.15) is 11.8 Å². The van der Waals surface area contributed by atoms with E-state index in [1.807, 2.05) is 36.4 Å². The molecule has 0 saturated carbocycles. The minimum absolute atomic E-state index is 0.252. The second kappa shape index (κ2) is 14.7. The highest BCUT2D eigenvalue weighted by molar-refractivity contribution is 7.98. The first-order chi connectivity index (χ1) is 14.7. The number of nitrogens with one attached hydrogen (secondary N) is 1. The summed E-state index contributed by atoms with van der Waals surface area (Å²) in [7, 11) is 0. The maximum absolute atomic E-state index is 12.6. The van der Waals surface area contributed by atoms with Gasteiger partial charge in [-0.1, -0.05) is 87.6 Å². The third-order valence-electron chi connectivity index (χ3n) is 4.76. The van der Waals surface area contributed by atoms with Gasteiger partial charge in [-0.05, 0) is 24.1 Å². The molecule has 0 heterocycles. The Morgan fingerprint density at radius 3 is 2.23 bits per heavy atom. The molecule has 1 amide bonds. The largest absolute Gasteiger partial charge is 0.464 e. The molecule has 1 atom stereocenters. The van der Waals surface area contributed by atoms with E-state index in [2.05, 4.69) is 24.4 Å². The Kier molecular flexibility index (Phi) is 11.7. The van der Waals surface area contributed by atoms with Crippen molar-refractivity contribution in [2.24, 2.45) is 0 Å². The standard InChI is InChI=1S/C25H33NO3S/c1-2-3-4-5-6-13-18-29-25(28)23(20-30-19-21-14-9-7-10-15-21)26-24(27)22-16-11-8-12-17-22/h7-12,14-17,23H,2-6,13,18-20H2,1H3,(H,26,27). The number of unbranched alkanes of at least 4 members (excludes halogenated alkanes) is 5. The molecule has 1 unspecified atom stereocenters. The van der Waals surface area contributed by atoms with Crippen LogP contribution in [0.25, 0.3) is 0 Å². The van der Waals surface area contributed by atoms with Gasteiger partial charge in [0.15, 0.2) is 0 Å². The number of hydrogen-bond donors (Lipinski definition) is 1.